The highest BCUT2D eigenvalue weighted by atomic mass is 19.3. The van der Waals surface area contributed by atoms with E-state index in [0.29, 0.717) is 138 Å². The molecular weight excluding hydrogens is 829 g/mol. The van der Waals surface area contributed by atoms with Crippen LogP contribution in [0.1, 0.15) is 45.3 Å². The number of hydrogen-bond donors (Lipinski definition) is 0. The Balaban J connectivity index is 0.000000161. The molecule has 0 N–H and O–H groups in total. The molecule has 0 saturated carbocycles. The van der Waals surface area contributed by atoms with Gasteiger partial charge in [0, 0.05) is 45.8 Å². The average Bonchev–Trinajstić information content (AvgIpc) is 3.91. The third-order valence-electron chi connectivity index (χ3n) is 11.1. The highest BCUT2D eigenvalue weighted by molar-refractivity contribution is 5.78. The quantitative estimate of drug-likeness (QED) is 0.191. The molecule has 10 rings (SSSR count). The smallest absolute Gasteiger partial charge is 0.296 e. The molecule has 4 aliphatic heterocycles. The molecule has 6 aromatic rings. The zero-order valence-electron chi connectivity index (χ0n) is 35.2. The number of halogens is 4. The Labute approximate surface area is 359 Å². The summed E-state index contributed by atoms with van der Waals surface area (Å²) in [5, 5.41) is 0. The zero-order valence-corrected chi connectivity index (χ0v) is 35.2. The average molecular weight is 877 g/mol. The van der Waals surface area contributed by atoms with E-state index in [1.807, 2.05) is 35.5 Å². The summed E-state index contributed by atoms with van der Waals surface area (Å²) in [6, 6.07) is 14.0. The van der Waals surface area contributed by atoms with Crippen LogP contribution in [-0.2, 0) is 18.9 Å². The van der Waals surface area contributed by atoms with Crippen molar-refractivity contribution in [2.24, 2.45) is 0 Å². The lowest BCUT2D eigenvalue weighted by Gasteiger charge is -2.42. The largest absolute Gasteiger partial charge is 0.378 e. The van der Waals surface area contributed by atoms with E-state index in [9.17, 15) is 17.6 Å². The van der Waals surface area contributed by atoms with Crippen LogP contribution < -0.4 is 19.6 Å². The van der Waals surface area contributed by atoms with Crippen LogP contribution in [0.25, 0.3) is 34.0 Å². The van der Waals surface area contributed by atoms with Crippen LogP contribution in [0.5, 0.6) is 0 Å². The van der Waals surface area contributed by atoms with E-state index in [1.165, 1.54) is 9.13 Å². The van der Waals surface area contributed by atoms with Crippen molar-refractivity contribution < 1.29 is 36.5 Å². The number of ether oxygens (including phenoxy) is 4. The van der Waals surface area contributed by atoms with E-state index in [1.54, 1.807) is 48.5 Å². The van der Waals surface area contributed by atoms with E-state index in [-0.39, 0.29) is 23.8 Å². The van der Waals surface area contributed by atoms with E-state index in [4.69, 9.17) is 23.9 Å². The zero-order chi connectivity index (χ0) is 43.7. The van der Waals surface area contributed by atoms with Crippen LogP contribution >= 0.6 is 0 Å². The van der Waals surface area contributed by atoms with Crippen LogP contribution in [0.15, 0.2) is 48.5 Å². The summed E-state index contributed by atoms with van der Waals surface area (Å²) in [6.07, 6.45) is -5.56. The topological polar surface area (TPSA) is 163 Å². The first-order valence-electron chi connectivity index (χ1n) is 21.0. The summed E-state index contributed by atoms with van der Waals surface area (Å²) in [6.45, 7) is 14.2. The first-order chi connectivity index (χ1) is 30.5. The Bertz CT molecular complexity index is 2490. The summed E-state index contributed by atoms with van der Waals surface area (Å²) in [5.74, 6) is 1.25. The summed E-state index contributed by atoms with van der Waals surface area (Å²) in [5.41, 5.74) is 1.58. The molecule has 4 aliphatic rings. The van der Waals surface area contributed by atoms with E-state index < -0.39 is 24.3 Å². The number of alkyl halides is 4. The normalized spacial score (nSPS) is 19.6. The predicted molar refractivity (Wildman–Crippen MR) is 225 cm³/mol. The van der Waals surface area contributed by atoms with Crippen molar-refractivity contribution in [2.45, 2.75) is 45.3 Å². The Kier molecular flexibility index (Phi) is 12.2. The maximum Gasteiger partial charge on any atom is 0.296 e. The molecule has 2 aromatic carbocycles. The molecule has 22 heteroatoms. The Morgan fingerprint density at radius 3 is 1.30 bits per heavy atom. The van der Waals surface area contributed by atoms with Gasteiger partial charge in [-0.3, -0.25) is 9.13 Å². The number of imidazole rings is 2. The second-order valence-corrected chi connectivity index (χ2v) is 16.0. The SMILES string of the molecule is C[C@@H]1COC(C)(C)CN1c1nc(N2CCOCC2)nc(-n2c(C(F)F)nc3ccccc32)n1.FC(F)c1nc2ccccc2n1-c1nc(N2CCOCC2)nc(N2CCOCC2)n1. The molecule has 8 heterocycles. The van der Waals surface area contributed by atoms with Gasteiger partial charge < -0.3 is 38.5 Å². The number of morpholine rings is 4. The molecule has 0 spiro atoms. The van der Waals surface area contributed by atoms with Gasteiger partial charge in [0.2, 0.25) is 35.7 Å². The Morgan fingerprint density at radius 1 is 0.524 bits per heavy atom. The molecule has 18 nitrogen and oxygen atoms in total. The molecule has 4 saturated heterocycles. The molecule has 0 bridgehead atoms. The minimum absolute atomic E-state index is 0.0138. The lowest BCUT2D eigenvalue weighted by atomic mass is 10.1. The van der Waals surface area contributed by atoms with Crippen molar-refractivity contribution >= 4 is 45.9 Å². The van der Waals surface area contributed by atoms with E-state index >= 15 is 0 Å². The second-order valence-electron chi connectivity index (χ2n) is 16.0. The molecule has 4 aromatic heterocycles. The molecule has 0 radical (unpaired) electrons. The summed E-state index contributed by atoms with van der Waals surface area (Å²) >= 11 is 0. The maximum atomic E-state index is 14.0. The highest BCUT2D eigenvalue weighted by Gasteiger charge is 2.35. The van der Waals surface area contributed by atoms with Gasteiger partial charge in [-0.05, 0) is 45.0 Å². The minimum Gasteiger partial charge on any atom is -0.378 e. The van der Waals surface area contributed by atoms with Crippen molar-refractivity contribution in [3.8, 4) is 11.9 Å². The monoisotopic (exact) mass is 876 g/mol. The lowest BCUT2D eigenvalue weighted by Crippen LogP contribution is -2.54. The number of hydrogen-bond acceptors (Lipinski definition) is 16. The Hall–Kier alpha value is -5.84. The second kappa shape index (κ2) is 18.1. The van der Waals surface area contributed by atoms with Gasteiger partial charge in [-0.1, -0.05) is 24.3 Å². The standard InChI is InChI=1S/C22H27F2N7O2.C19H21F2N7O2/c1-14-12-33-22(2,3)13-30(14)20-26-19(29-8-10-32-11-9-29)27-21(28-20)31-16-7-5-4-6-15(16)25-18(31)17(23)24;20-15(21)16-22-13-3-1-2-4-14(13)28(16)19-24-17(26-5-9-29-10-6-26)23-18(25-19)27-7-11-30-12-8-27/h4-7,14,17H,8-13H2,1-3H3;1-4,15H,5-12H2/t14-;/m1./s1. The minimum atomic E-state index is -2.79. The molecule has 0 amide bonds. The third kappa shape index (κ3) is 9.02. The molecule has 0 unspecified atom stereocenters. The highest BCUT2D eigenvalue weighted by Crippen LogP contribution is 2.32. The van der Waals surface area contributed by atoms with Gasteiger partial charge in [-0.2, -0.15) is 29.9 Å². The number of anilines is 4. The fourth-order valence-corrected chi connectivity index (χ4v) is 7.85. The van der Waals surface area contributed by atoms with Crippen LogP contribution in [0, 0.1) is 0 Å². The van der Waals surface area contributed by atoms with Crippen LogP contribution in [-0.4, -0.2) is 153 Å². The van der Waals surface area contributed by atoms with Gasteiger partial charge in [0.15, 0.2) is 11.6 Å². The number of rotatable bonds is 8. The van der Waals surface area contributed by atoms with Crippen molar-refractivity contribution in [1.82, 2.24) is 49.0 Å². The predicted octanol–water partition coefficient (Wildman–Crippen LogP) is 4.81. The van der Waals surface area contributed by atoms with Gasteiger partial charge in [0.05, 0.1) is 80.0 Å². The van der Waals surface area contributed by atoms with Crippen molar-refractivity contribution in [1.29, 1.82) is 0 Å². The summed E-state index contributed by atoms with van der Waals surface area (Å²) in [7, 11) is 0. The van der Waals surface area contributed by atoms with Crippen molar-refractivity contribution in [2.75, 3.05) is 112 Å². The van der Waals surface area contributed by atoms with E-state index in [0.717, 1.165) is 0 Å². The van der Waals surface area contributed by atoms with E-state index in [2.05, 4.69) is 39.8 Å². The van der Waals surface area contributed by atoms with Crippen LogP contribution in [0.4, 0.5) is 41.4 Å². The number of para-hydroxylation sites is 4. The van der Waals surface area contributed by atoms with Crippen LogP contribution in [0.3, 0.4) is 0 Å². The summed E-state index contributed by atoms with van der Waals surface area (Å²) in [4.78, 5) is 44.1. The fraction of sp³-hybridized carbons (Fsp3) is 0.512. The number of aromatic nitrogens is 10. The van der Waals surface area contributed by atoms with Crippen molar-refractivity contribution in [3.63, 3.8) is 0 Å². The molecule has 334 valence electrons. The molecular formula is C41H48F4N14O4. The first kappa shape index (κ1) is 42.5. The third-order valence-corrected chi connectivity index (χ3v) is 11.1. The maximum absolute atomic E-state index is 14.0. The number of nitrogens with zero attached hydrogens (tertiary/aromatic N) is 14. The summed E-state index contributed by atoms with van der Waals surface area (Å²) < 4.78 is 80.7. The van der Waals surface area contributed by atoms with Gasteiger partial charge >= 0.3 is 0 Å². The fourth-order valence-electron chi connectivity index (χ4n) is 7.85. The lowest BCUT2D eigenvalue weighted by molar-refractivity contribution is -0.0426. The first-order valence-corrected chi connectivity index (χ1v) is 21.0. The van der Waals surface area contributed by atoms with Gasteiger partial charge in [0.1, 0.15) is 0 Å². The van der Waals surface area contributed by atoms with Crippen molar-refractivity contribution in [3.05, 3.63) is 60.2 Å². The van der Waals surface area contributed by atoms with Gasteiger partial charge in [-0.25, -0.2) is 27.5 Å². The van der Waals surface area contributed by atoms with Gasteiger partial charge in [0.25, 0.3) is 12.9 Å². The number of fused-ring (bicyclic) bond motifs is 2. The van der Waals surface area contributed by atoms with Gasteiger partial charge in [-0.15, -0.1) is 0 Å². The number of benzene rings is 2. The molecule has 0 aliphatic carbocycles. The Morgan fingerprint density at radius 2 is 0.889 bits per heavy atom. The van der Waals surface area contributed by atoms with Crippen LogP contribution in [0.2, 0.25) is 0 Å². The molecule has 63 heavy (non-hydrogen) atoms. The molecule has 1 atom stereocenters. The molecule has 4 fully saturated rings.